The van der Waals surface area contributed by atoms with Gasteiger partial charge in [-0.3, -0.25) is 0 Å². The van der Waals surface area contributed by atoms with Crippen LogP contribution in [0.1, 0.15) is 11.4 Å². The Bertz CT molecular complexity index is 846. The van der Waals surface area contributed by atoms with Gasteiger partial charge < -0.3 is 11.1 Å². The fourth-order valence-corrected chi connectivity index (χ4v) is 3.71. The number of nitrogens with one attached hydrogen (secondary N) is 1. The van der Waals surface area contributed by atoms with E-state index in [9.17, 15) is 0 Å². The number of rotatable bonds is 5. The van der Waals surface area contributed by atoms with Crippen LogP contribution in [0, 0.1) is 6.92 Å². The minimum absolute atomic E-state index is 0.573. The van der Waals surface area contributed by atoms with Gasteiger partial charge in [0, 0.05) is 34.8 Å². The van der Waals surface area contributed by atoms with Gasteiger partial charge in [0.05, 0.1) is 0 Å². The number of nitrogens with zero attached hydrogens (tertiary/aromatic N) is 3. The Morgan fingerprint density at radius 3 is 2.87 bits per heavy atom. The fourth-order valence-electron chi connectivity index (χ4n) is 2.43. The predicted octanol–water partition coefficient (Wildman–Crippen LogP) is 3.39. The number of fused-ring (bicyclic) bond motifs is 1. The molecule has 5 nitrogen and oxygen atoms in total. The summed E-state index contributed by atoms with van der Waals surface area (Å²) in [6.45, 7) is 2.56. The van der Waals surface area contributed by atoms with Crippen LogP contribution < -0.4 is 11.1 Å². The second-order valence-corrected chi connectivity index (χ2v) is 6.67. The maximum atomic E-state index is 6.09. The second kappa shape index (κ2) is 6.78. The van der Waals surface area contributed by atoms with E-state index in [4.69, 9.17) is 17.3 Å². The molecule has 120 valence electrons. The normalized spacial score (nSPS) is 11.1. The highest BCUT2D eigenvalue weighted by Crippen LogP contribution is 2.37. The smallest absolute Gasteiger partial charge is 0.171 e. The zero-order valence-corrected chi connectivity index (χ0v) is 14.6. The van der Waals surface area contributed by atoms with Gasteiger partial charge in [-0.1, -0.05) is 29.4 Å². The lowest BCUT2D eigenvalue weighted by Gasteiger charge is -2.05. The highest BCUT2D eigenvalue weighted by molar-refractivity contribution is 7.99. The van der Waals surface area contributed by atoms with Crippen LogP contribution in [0.2, 0.25) is 5.02 Å². The standard InChI is InChI=1S/C16H18ClN5S/c1-10-8-12(6-7-18)22-16(20-10)14(15(19-2)21-22)23-13-5-3-4-11(17)9-13/h3-5,8-9H,6-7,18H2,1-2H3,(H,19,21). The summed E-state index contributed by atoms with van der Waals surface area (Å²) in [4.78, 5) is 6.70. The SMILES string of the molecule is CNc1nn2c(CCN)cc(C)nc2c1Sc1cccc(Cl)c1. The molecule has 0 saturated heterocycles. The lowest BCUT2D eigenvalue weighted by atomic mass is 10.2. The summed E-state index contributed by atoms with van der Waals surface area (Å²) >= 11 is 7.69. The summed E-state index contributed by atoms with van der Waals surface area (Å²) in [5, 5.41) is 8.51. The van der Waals surface area contributed by atoms with E-state index in [1.54, 1.807) is 11.8 Å². The van der Waals surface area contributed by atoms with Crippen molar-refractivity contribution in [2.24, 2.45) is 5.73 Å². The first-order chi connectivity index (χ1) is 11.1. The molecule has 0 amide bonds. The van der Waals surface area contributed by atoms with E-state index in [-0.39, 0.29) is 0 Å². The number of halogens is 1. The van der Waals surface area contributed by atoms with Gasteiger partial charge in [-0.2, -0.15) is 0 Å². The largest absolute Gasteiger partial charge is 0.371 e. The molecule has 0 fully saturated rings. The summed E-state index contributed by atoms with van der Waals surface area (Å²) in [6.07, 6.45) is 0.756. The molecule has 0 aliphatic carbocycles. The molecule has 0 spiro atoms. The van der Waals surface area contributed by atoms with Gasteiger partial charge >= 0.3 is 0 Å². The Labute approximate surface area is 144 Å². The molecular formula is C16H18ClN5S. The summed E-state index contributed by atoms with van der Waals surface area (Å²) in [5.41, 5.74) is 8.57. The maximum absolute atomic E-state index is 6.09. The average molecular weight is 348 g/mol. The first kappa shape index (κ1) is 16.1. The summed E-state index contributed by atoms with van der Waals surface area (Å²) in [7, 11) is 1.86. The van der Waals surface area contributed by atoms with Crippen LogP contribution >= 0.6 is 23.4 Å². The Morgan fingerprint density at radius 1 is 1.35 bits per heavy atom. The van der Waals surface area contributed by atoms with Crippen molar-refractivity contribution in [3.8, 4) is 0 Å². The number of nitrogens with two attached hydrogens (primary N) is 1. The molecular weight excluding hydrogens is 330 g/mol. The molecule has 3 rings (SSSR count). The van der Waals surface area contributed by atoms with Crippen molar-refractivity contribution in [1.29, 1.82) is 0 Å². The van der Waals surface area contributed by atoms with Gasteiger partial charge in [0.15, 0.2) is 11.5 Å². The van der Waals surface area contributed by atoms with Gasteiger partial charge in [0.1, 0.15) is 4.90 Å². The molecule has 0 saturated carbocycles. The molecule has 0 unspecified atom stereocenters. The quantitative estimate of drug-likeness (QED) is 0.740. The Balaban J connectivity index is 2.14. The number of anilines is 1. The Morgan fingerprint density at radius 2 is 2.17 bits per heavy atom. The molecule has 2 heterocycles. The number of benzene rings is 1. The minimum Gasteiger partial charge on any atom is -0.371 e. The van der Waals surface area contributed by atoms with Crippen molar-refractivity contribution in [3.05, 3.63) is 46.7 Å². The van der Waals surface area contributed by atoms with Gasteiger partial charge in [-0.05, 0) is 37.7 Å². The minimum atomic E-state index is 0.573. The number of aromatic nitrogens is 3. The monoisotopic (exact) mass is 347 g/mol. The highest BCUT2D eigenvalue weighted by atomic mass is 35.5. The molecule has 2 aromatic heterocycles. The van der Waals surface area contributed by atoms with E-state index in [1.807, 2.05) is 48.8 Å². The third kappa shape index (κ3) is 3.29. The lowest BCUT2D eigenvalue weighted by Crippen LogP contribution is -2.09. The van der Waals surface area contributed by atoms with Crippen LogP contribution in [0.4, 0.5) is 5.82 Å². The molecule has 0 atom stereocenters. The van der Waals surface area contributed by atoms with E-state index in [0.717, 1.165) is 39.1 Å². The third-order valence-corrected chi connectivity index (χ3v) is 4.71. The van der Waals surface area contributed by atoms with Crippen molar-refractivity contribution >= 4 is 34.8 Å². The molecule has 3 aromatic rings. The summed E-state index contributed by atoms with van der Waals surface area (Å²) < 4.78 is 1.87. The van der Waals surface area contributed by atoms with Crippen molar-refractivity contribution in [2.45, 2.75) is 23.1 Å². The topological polar surface area (TPSA) is 68.2 Å². The number of hydrogen-bond donors (Lipinski definition) is 2. The van der Waals surface area contributed by atoms with Gasteiger partial charge in [-0.15, -0.1) is 5.10 Å². The van der Waals surface area contributed by atoms with E-state index in [0.29, 0.717) is 11.6 Å². The van der Waals surface area contributed by atoms with Gasteiger partial charge in [0.25, 0.3) is 0 Å². The molecule has 7 heteroatoms. The van der Waals surface area contributed by atoms with E-state index in [2.05, 4.69) is 15.4 Å². The van der Waals surface area contributed by atoms with Gasteiger partial charge in [0.2, 0.25) is 0 Å². The van der Waals surface area contributed by atoms with Crippen LogP contribution in [-0.2, 0) is 6.42 Å². The van der Waals surface area contributed by atoms with Crippen LogP contribution in [-0.4, -0.2) is 28.2 Å². The fraction of sp³-hybridized carbons (Fsp3) is 0.250. The first-order valence-corrected chi connectivity index (χ1v) is 8.52. The van der Waals surface area contributed by atoms with Crippen molar-refractivity contribution in [3.63, 3.8) is 0 Å². The lowest BCUT2D eigenvalue weighted by molar-refractivity contribution is 0.812. The molecule has 3 N–H and O–H groups in total. The number of hydrogen-bond acceptors (Lipinski definition) is 5. The van der Waals surface area contributed by atoms with Gasteiger partial charge in [-0.25, -0.2) is 9.50 Å². The summed E-state index contributed by atoms with van der Waals surface area (Å²) in [6, 6.07) is 9.79. The molecule has 0 aliphatic heterocycles. The molecule has 0 radical (unpaired) electrons. The number of aryl methyl sites for hydroxylation is 1. The Kier molecular flexibility index (Phi) is 4.75. The second-order valence-electron chi connectivity index (χ2n) is 5.15. The van der Waals surface area contributed by atoms with Crippen molar-refractivity contribution in [1.82, 2.24) is 14.6 Å². The average Bonchev–Trinajstić information content (AvgIpc) is 2.86. The highest BCUT2D eigenvalue weighted by Gasteiger charge is 2.17. The van der Waals surface area contributed by atoms with E-state index in [1.165, 1.54) is 0 Å². The predicted molar refractivity (Wildman–Crippen MR) is 95.6 cm³/mol. The van der Waals surface area contributed by atoms with Crippen molar-refractivity contribution < 1.29 is 0 Å². The van der Waals surface area contributed by atoms with Crippen LogP contribution in [0.25, 0.3) is 5.65 Å². The van der Waals surface area contributed by atoms with Crippen molar-refractivity contribution in [2.75, 3.05) is 18.9 Å². The zero-order chi connectivity index (χ0) is 16.4. The molecule has 0 bridgehead atoms. The molecule has 0 aliphatic rings. The zero-order valence-electron chi connectivity index (χ0n) is 13.0. The van der Waals surface area contributed by atoms with Crippen LogP contribution in [0.5, 0.6) is 0 Å². The summed E-state index contributed by atoms with van der Waals surface area (Å²) in [5.74, 6) is 0.798. The first-order valence-electron chi connectivity index (χ1n) is 7.33. The Hall–Kier alpha value is -1.76. The van der Waals surface area contributed by atoms with E-state index >= 15 is 0 Å². The van der Waals surface area contributed by atoms with E-state index < -0.39 is 0 Å². The molecule has 1 aromatic carbocycles. The van der Waals surface area contributed by atoms with Crippen LogP contribution in [0.3, 0.4) is 0 Å². The van der Waals surface area contributed by atoms with Crippen LogP contribution in [0.15, 0.2) is 40.1 Å². The molecule has 23 heavy (non-hydrogen) atoms. The third-order valence-electron chi connectivity index (χ3n) is 3.40. The maximum Gasteiger partial charge on any atom is 0.171 e.